The first-order valence-electron chi connectivity index (χ1n) is 4.91. The van der Waals surface area contributed by atoms with E-state index in [1.54, 1.807) is 6.07 Å². The van der Waals surface area contributed by atoms with Crippen molar-refractivity contribution in [3.05, 3.63) is 42.1 Å². The third-order valence-electron chi connectivity index (χ3n) is 2.39. The second-order valence-corrected chi connectivity index (χ2v) is 3.43. The van der Waals surface area contributed by atoms with Gasteiger partial charge in [-0.25, -0.2) is 4.79 Å². The van der Waals surface area contributed by atoms with Crippen LogP contribution in [-0.4, -0.2) is 18.1 Å². The number of aromatic nitrogens is 1. The summed E-state index contributed by atoms with van der Waals surface area (Å²) in [6.07, 6.45) is 0. The molecule has 0 spiro atoms. The van der Waals surface area contributed by atoms with Gasteiger partial charge in [-0.2, -0.15) is 0 Å². The molecule has 0 fully saturated rings. The van der Waals surface area contributed by atoms with Crippen molar-refractivity contribution >= 4 is 29.3 Å². The van der Waals surface area contributed by atoms with E-state index in [4.69, 9.17) is 5.73 Å². The number of ether oxygens (including phenoxy) is 1. The van der Waals surface area contributed by atoms with Crippen molar-refractivity contribution in [2.75, 3.05) is 7.11 Å². The molecule has 2 N–H and O–H groups in total. The SMILES string of the molecule is COC(=O)[C@H](N)c1ccc2ccccc2n1.Cl. The van der Waals surface area contributed by atoms with Gasteiger partial charge in [-0.3, -0.25) is 4.98 Å². The fourth-order valence-electron chi connectivity index (χ4n) is 1.50. The maximum atomic E-state index is 11.3. The number of esters is 1. The van der Waals surface area contributed by atoms with Crippen molar-refractivity contribution in [2.45, 2.75) is 6.04 Å². The van der Waals surface area contributed by atoms with Gasteiger partial charge < -0.3 is 10.5 Å². The molecule has 0 aliphatic rings. The molecule has 0 saturated heterocycles. The molecule has 2 aromatic rings. The summed E-state index contributed by atoms with van der Waals surface area (Å²) in [5, 5.41) is 1.02. The second-order valence-electron chi connectivity index (χ2n) is 3.43. The second kappa shape index (κ2) is 5.61. The zero-order chi connectivity index (χ0) is 11.5. The maximum Gasteiger partial charge on any atom is 0.328 e. The van der Waals surface area contributed by atoms with Crippen molar-refractivity contribution in [3.63, 3.8) is 0 Å². The summed E-state index contributed by atoms with van der Waals surface area (Å²) in [5.41, 5.74) is 7.04. The van der Waals surface area contributed by atoms with Gasteiger partial charge in [0.15, 0.2) is 0 Å². The van der Waals surface area contributed by atoms with Gasteiger partial charge in [-0.1, -0.05) is 24.3 Å². The Bertz CT molecular complexity index is 531. The first-order chi connectivity index (χ1) is 7.72. The van der Waals surface area contributed by atoms with Crippen LogP contribution < -0.4 is 5.73 Å². The summed E-state index contributed by atoms with van der Waals surface area (Å²) >= 11 is 0. The van der Waals surface area contributed by atoms with Crippen molar-refractivity contribution in [3.8, 4) is 0 Å². The Morgan fingerprint density at radius 1 is 1.29 bits per heavy atom. The quantitative estimate of drug-likeness (QED) is 0.828. The lowest BCUT2D eigenvalue weighted by molar-refractivity contribution is -0.142. The van der Waals surface area contributed by atoms with Crippen molar-refractivity contribution in [2.24, 2.45) is 5.73 Å². The summed E-state index contributed by atoms with van der Waals surface area (Å²) < 4.78 is 4.57. The van der Waals surface area contributed by atoms with E-state index in [0.29, 0.717) is 5.69 Å². The first kappa shape index (κ1) is 13.4. The summed E-state index contributed by atoms with van der Waals surface area (Å²) in [6, 6.07) is 10.5. The summed E-state index contributed by atoms with van der Waals surface area (Å²) in [5.74, 6) is -0.484. The van der Waals surface area contributed by atoms with Gasteiger partial charge in [-0.15, -0.1) is 12.4 Å². The molecule has 5 heteroatoms. The number of carbonyl (C=O) groups excluding carboxylic acids is 1. The van der Waals surface area contributed by atoms with Crippen LogP contribution in [0.15, 0.2) is 36.4 Å². The van der Waals surface area contributed by atoms with Gasteiger partial charge >= 0.3 is 5.97 Å². The predicted octanol–water partition coefficient (Wildman–Crippen LogP) is 1.83. The fourth-order valence-corrected chi connectivity index (χ4v) is 1.50. The number of fused-ring (bicyclic) bond motifs is 1. The van der Waals surface area contributed by atoms with E-state index >= 15 is 0 Å². The number of carbonyl (C=O) groups is 1. The van der Waals surface area contributed by atoms with Crippen LogP contribution in [0.1, 0.15) is 11.7 Å². The van der Waals surface area contributed by atoms with E-state index in [1.807, 2.05) is 30.3 Å². The highest BCUT2D eigenvalue weighted by Gasteiger charge is 2.17. The standard InChI is InChI=1S/C12H12N2O2.ClH/c1-16-12(15)11(13)10-7-6-8-4-2-3-5-9(8)14-10;/h2-7,11H,13H2,1H3;1H/t11-;/m1./s1. The van der Waals surface area contributed by atoms with Gasteiger partial charge in [0.1, 0.15) is 6.04 Å². The molecule has 0 aliphatic heterocycles. The van der Waals surface area contributed by atoms with Gasteiger partial charge in [-0.05, 0) is 12.1 Å². The molecule has 0 amide bonds. The Hall–Kier alpha value is -1.65. The summed E-state index contributed by atoms with van der Waals surface area (Å²) in [6.45, 7) is 0. The zero-order valence-corrected chi connectivity index (χ0v) is 10.1. The van der Waals surface area contributed by atoms with E-state index in [1.165, 1.54) is 7.11 Å². The van der Waals surface area contributed by atoms with Crippen molar-refractivity contribution in [1.29, 1.82) is 0 Å². The van der Waals surface area contributed by atoms with Crippen LogP contribution in [0.5, 0.6) is 0 Å². The number of benzene rings is 1. The van der Waals surface area contributed by atoms with Crippen LogP contribution >= 0.6 is 12.4 Å². The molecule has 0 aliphatic carbocycles. The number of nitrogens with two attached hydrogens (primary N) is 1. The van der Waals surface area contributed by atoms with E-state index in [0.717, 1.165) is 10.9 Å². The highest BCUT2D eigenvalue weighted by molar-refractivity contribution is 5.85. The van der Waals surface area contributed by atoms with E-state index in [9.17, 15) is 4.79 Å². The zero-order valence-electron chi connectivity index (χ0n) is 9.29. The highest BCUT2D eigenvalue weighted by Crippen LogP contribution is 2.15. The van der Waals surface area contributed by atoms with Crippen LogP contribution in [0.4, 0.5) is 0 Å². The fraction of sp³-hybridized carbons (Fsp3) is 0.167. The average molecular weight is 253 g/mol. The van der Waals surface area contributed by atoms with Crippen LogP contribution in [-0.2, 0) is 9.53 Å². The molecule has 1 aromatic carbocycles. The lowest BCUT2D eigenvalue weighted by Crippen LogP contribution is -2.23. The van der Waals surface area contributed by atoms with Gasteiger partial charge in [0.2, 0.25) is 0 Å². The highest BCUT2D eigenvalue weighted by atomic mass is 35.5. The molecule has 0 unspecified atom stereocenters. The number of halogens is 1. The van der Waals surface area contributed by atoms with E-state index in [-0.39, 0.29) is 12.4 Å². The average Bonchev–Trinajstić information content (AvgIpc) is 2.36. The Balaban J connectivity index is 0.00000144. The van der Waals surface area contributed by atoms with E-state index in [2.05, 4.69) is 9.72 Å². The molecule has 90 valence electrons. The topological polar surface area (TPSA) is 65.2 Å². The molecular formula is C12H13ClN2O2. The number of hydrogen-bond donors (Lipinski definition) is 1. The number of para-hydroxylation sites is 1. The van der Waals surface area contributed by atoms with Crippen LogP contribution in [0.25, 0.3) is 10.9 Å². The Kier molecular flexibility index (Phi) is 4.43. The normalized spacial score (nSPS) is 11.6. The Labute approximate surface area is 105 Å². The number of methoxy groups -OCH3 is 1. The van der Waals surface area contributed by atoms with Gasteiger partial charge in [0, 0.05) is 5.39 Å². The summed E-state index contributed by atoms with van der Waals surface area (Å²) in [7, 11) is 1.31. The molecule has 0 radical (unpaired) electrons. The minimum absolute atomic E-state index is 0. The predicted molar refractivity (Wildman–Crippen MR) is 67.9 cm³/mol. The Morgan fingerprint density at radius 2 is 2.00 bits per heavy atom. The minimum atomic E-state index is -0.824. The molecule has 1 heterocycles. The lowest BCUT2D eigenvalue weighted by Gasteiger charge is -2.09. The summed E-state index contributed by atoms with van der Waals surface area (Å²) in [4.78, 5) is 15.6. The van der Waals surface area contributed by atoms with E-state index < -0.39 is 12.0 Å². The maximum absolute atomic E-state index is 11.3. The van der Waals surface area contributed by atoms with Crippen molar-refractivity contribution < 1.29 is 9.53 Å². The molecule has 2 rings (SSSR count). The van der Waals surface area contributed by atoms with Crippen LogP contribution in [0, 0.1) is 0 Å². The van der Waals surface area contributed by atoms with Gasteiger partial charge in [0.25, 0.3) is 0 Å². The van der Waals surface area contributed by atoms with Crippen LogP contribution in [0.3, 0.4) is 0 Å². The number of rotatable bonds is 2. The monoisotopic (exact) mass is 252 g/mol. The first-order valence-corrected chi connectivity index (χ1v) is 4.91. The number of hydrogen-bond acceptors (Lipinski definition) is 4. The lowest BCUT2D eigenvalue weighted by atomic mass is 10.1. The molecule has 1 atom stereocenters. The molecule has 17 heavy (non-hydrogen) atoms. The minimum Gasteiger partial charge on any atom is -0.468 e. The molecular weight excluding hydrogens is 240 g/mol. The number of nitrogens with zero attached hydrogens (tertiary/aromatic N) is 1. The largest absolute Gasteiger partial charge is 0.468 e. The smallest absolute Gasteiger partial charge is 0.328 e. The third kappa shape index (κ3) is 2.72. The van der Waals surface area contributed by atoms with Crippen molar-refractivity contribution in [1.82, 2.24) is 4.98 Å². The molecule has 1 aromatic heterocycles. The van der Waals surface area contributed by atoms with Crippen LogP contribution in [0.2, 0.25) is 0 Å². The third-order valence-corrected chi connectivity index (χ3v) is 2.39. The molecule has 0 bridgehead atoms. The molecule has 0 saturated carbocycles. The Morgan fingerprint density at radius 3 is 2.71 bits per heavy atom. The van der Waals surface area contributed by atoms with Gasteiger partial charge in [0.05, 0.1) is 18.3 Å². The number of pyridine rings is 1. The molecule has 4 nitrogen and oxygen atoms in total.